The van der Waals surface area contributed by atoms with E-state index in [0.29, 0.717) is 5.69 Å². The highest BCUT2D eigenvalue weighted by atomic mass is 16.5. The van der Waals surface area contributed by atoms with Crippen molar-refractivity contribution in [3.8, 4) is 0 Å². The summed E-state index contributed by atoms with van der Waals surface area (Å²) in [5, 5.41) is 6.29. The predicted octanol–water partition coefficient (Wildman–Crippen LogP) is 1.28. The van der Waals surface area contributed by atoms with E-state index in [0.717, 1.165) is 18.8 Å². The highest BCUT2D eigenvalue weighted by Gasteiger charge is 2.20. The molecular formula is C17H22N4O4. The molecule has 0 fully saturated rings. The van der Waals surface area contributed by atoms with E-state index in [1.54, 1.807) is 12.1 Å². The molecule has 1 heterocycles. The zero-order valence-electron chi connectivity index (χ0n) is 14.4. The second kappa shape index (κ2) is 8.81. The number of carbonyl (C=O) groups is 3. The van der Waals surface area contributed by atoms with Gasteiger partial charge in [0.25, 0.3) is 5.91 Å². The zero-order chi connectivity index (χ0) is 18.2. The molecule has 0 radical (unpaired) electrons. The molecule has 0 aliphatic carbocycles. The van der Waals surface area contributed by atoms with Crippen LogP contribution in [0.25, 0.3) is 0 Å². The number of carbonyl (C=O) groups excluding carboxylic acids is 3. The summed E-state index contributed by atoms with van der Waals surface area (Å²) < 4.78 is 4.91. The molecule has 2 rings (SSSR count). The first kappa shape index (κ1) is 18.4. The van der Waals surface area contributed by atoms with Gasteiger partial charge in [-0.05, 0) is 38.1 Å². The van der Waals surface area contributed by atoms with E-state index in [1.807, 2.05) is 12.1 Å². The van der Waals surface area contributed by atoms with E-state index in [1.165, 1.54) is 0 Å². The molecule has 1 aliphatic heterocycles. The van der Waals surface area contributed by atoms with Crippen LogP contribution >= 0.6 is 0 Å². The largest absolute Gasteiger partial charge is 0.451 e. The Kier molecular flexibility index (Phi) is 6.50. The van der Waals surface area contributed by atoms with Crippen molar-refractivity contribution in [2.45, 2.75) is 26.7 Å². The monoisotopic (exact) mass is 346 g/mol. The minimum absolute atomic E-state index is 0.107. The normalized spacial score (nSPS) is 13.5. The lowest BCUT2D eigenvalue weighted by Gasteiger charge is -2.21. The number of nitrogens with one attached hydrogen (secondary N) is 2. The molecule has 0 saturated carbocycles. The van der Waals surface area contributed by atoms with Crippen molar-refractivity contribution in [1.82, 2.24) is 5.43 Å². The number of ether oxygens (including phenoxy) is 1. The highest BCUT2D eigenvalue weighted by Crippen LogP contribution is 2.17. The maximum Gasteiger partial charge on any atom is 0.355 e. The van der Waals surface area contributed by atoms with Crippen LogP contribution in [-0.2, 0) is 19.1 Å². The van der Waals surface area contributed by atoms with Gasteiger partial charge in [0.15, 0.2) is 6.61 Å². The van der Waals surface area contributed by atoms with Gasteiger partial charge in [0, 0.05) is 37.3 Å². The van der Waals surface area contributed by atoms with Crippen LogP contribution in [0, 0.1) is 0 Å². The molecule has 0 atom stereocenters. The summed E-state index contributed by atoms with van der Waals surface area (Å²) in [5.74, 6) is -1.39. The Morgan fingerprint density at radius 3 is 2.44 bits per heavy atom. The van der Waals surface area contributed by atoms with Crippen molar-refractivity contribution in [3.63, 3.8) is 0 Å². The Bertz CT molecular complexity index is 666. The number of benzene rings is 1. The fourth-order valence-electron chi connectivity index (χ4n) is 2.38. The Morgan fingerprint density at radius 2 is 1.88 bits per heavy atom. The van der Waals surface area contributed by atoms with Crippen molar-refractivity contribution >= 4 is 34.9 Å². The van der Waals surface area contributed by atoms with Crippen LogP contribution in [0.3, 0.4) is 0 Å². The first-order valence-electron chi connectivity index (χ1n) is 8.20. The second-order valence-corrected chi connectivity index (χ2v) is 5.44. The Hall–Kier alpha value is -2.90. The van der Waals surface area contributed by atoms with Crippen LogP contribution in [0.5, 0.6) is 0 Å². The third-order valence-corrected chi connectivity index (χ3v) is 3.75. The van der Waals surface area contributed by atoms with Crippen LogP contribution in [-0.4, -0.2) is 43.2 Å². The smallest absolute Gasteiger partial charge is 0.355 e. The number of hydrogen-bond donors (Lipinski definition) is 2. The van der Waals surface area contributed by atoms with Gasteiger partial charge >= 0.3 is 5.97 Å². The zero-order valence-corrected chi connectivity index (χ0v) is 14.4. The van der Waals surface area contributed by atoms with Crippen LogP contribution in [0.15, 0.2) is 29.4 Å². The van der Waals surface area contributed by atoms with E-state index < -0.39 is 18.5 Å². The molecule has 0 spiro atoms. The van der Waals surface area contributed by atoms with Crippen molar-refractivity contribution < 1.29 is 19.1 Å². The first-order valence-corrected chi connectivity index (χ1v) is 8.20. The Morgan fingerprint density at radius 1 is 1.20 bits per heavy atom. The second-order valence-electron chi connectivity index (χ2n) is 5.44. The average molecular weight is 346 g/mol. The number of hydrazone groups is 1. The molecule has 8 heteroatoms. The third-order valence-electron chi connectivity index (χ3n) is 3.75. The van der Waals surface area contributed by atoms with E-state index in [4.69, 9.17) is 4.74 Å². The summed E-state index contributed by atoms with van der Waals surface area (Å²) in [6, 6.07) is 7.45. The fourth-order valence-corrected chi connectivity index (χ4v) is 2.38. The van der Waals surface area contributed by atoms with E-state index in [9.17, 15) is 14.4 Å². The summed E-state index contributed by atoms with van der Waals surface area (Å²) in [7, 11) is 0. The Labute approximate surface area is 146 Å². The maximum absolute atomic E-state index is 11.9. The van der Waals surface area contributed by atoms with Gasteiger partial charge in [-0.3, -0.25) is 9.59 Å². The molecule has 0 aromatic heterocycles. The lowest BCUT2D eigenvalue weighted by atomic mass is 10.2. The number of anilines is 2. The molecular weight excluding hydrogens is 324 g/mol. The van der Waals surface area contributed by atoms with Crippen molar-refractivity contribution in [2.24, 2.45) is 5.10 Å². The topological polar surface area (TPSA) is 100 Å². The third kappa shape index (κ3) is 5.30. The van der Waals surface area contributed by atoms with Crippen molar-refractivity contribution in [1.29, 1.82) is 0 Å². The van der Waals surface area contributed by atoms with Crippen LogP contribution < -0.4 is 15.6 Å². The van der Waals surface area contributed by atoms with Crippen molar-refractivity contribution in [3.05, 3.63) is 24.3 Å². The molecule has 8 nitrogen and oxygen atoms in total. The first-order chi connectivity index (χ1) is 12.0. The minimum atomic E-state index is -0.702. The summed E-state index contributed by atoms with van der Waals surface area (Å²) in [4.78, 5) is 36.8. The maximum atomic E-state index is 11.9. The molecule has 1 aromatic rings. The lowest BCUT2D eigenvalue weighted by Crippen LogP contribution is -2.32. The summed E-state index contributed by atoms with van der Waals surface area (Å²) in [5.41, 5.74) is 4.02. The molecule has 1 aliphatic rings. The molecule has 0 saturated heterocycles. The SMILES string of the molecule is CCN(CC)c1ccc(NC(=O)COC(=O)C2=NNC(=O)CC2)cc1. The minimum Gasteiger partial charge on any atom is -0.451 e. The van der Waals surface area contributed by atoms with Crippen LogP contribution in [0.4, 0.5) is 11.4 Å². The average Bonchev–Trinajstić information content (AvgIpc) is 2.63. The number of rotatable bonds is 7. The summed E-state index contributed by atoms with van der Waals surface area (Å²) in [6.07, 6.45) is 0.387. The number of amides is 2. The number of hydrogen-bond acceptors (Lipinski definition) is 6. The summed E-state index contributed by atoms with van der Waals surface area (Å²) >= 11 is 0. The van der Waals surface area contributed by atoms with E-state index in [-0.39, 0.29) is 24.5 Å². The van der Waals surface area contributed by atoms with E-state index in [2.05, 4.69) is 34.6 Å². The number of nitrogens with zero attached hydrogens (tertiary/aromatic N) is 2. The fraction of sp³-hybridized carbons (Fsp3) is 0.412. The van der Waals surface area contributed by atoms with Crippen LogP contribution in [0.1, 0.15) is 26.7 Å². The van der Waals surface area contributed by atoms with Gasteiger partial charge in [-0.1, -0.05) is 0 Å². The summed E-state index contributed by atoms with van der Waals surface area (Å²) in [6.45, 7) is 5.56. The predicted molar refractivity (Wildman–Crippen MR) is 94.4 cm³/mol. The van der Waals surface area contributed by atoms with Gasteiger partial charge in [0.2, 0.25) is 5.91 Å². The lowest BCUT2D eigenvalue weighted by molar-refractivity contribution is -0.140. The standard InChI is InChI=1S/C17H22N4O4/c1-3-21(4-2)13-7-5-12(6-8-13)18-16(23)11-25-17(24)14-9-10-15(22)20-19-14/h5-8H,3-4,9-11H2,1-2H3,(H,18,23)(H,20,22). The number of esters is 1. The quantitative estimate of drug-likeness (QED) is 0.725. The molecule has 134 valence electrons. The van der Waals surface area contributed by atoms with Gasteiger partial charge in [-0.2, -0.15) is 5.10 Å². The van der Waals surface area contributed by atoms with Gasteiger partial charge in [-0.25, -0.2) is 10.2 Å². The van der Waals surface area contributed by atoms with Gasteiger partial charge < -0.3 is 15.0 Å². The highest BCUT2D eigenvalue weighted by molar-refractivity contribution is 6.37. The van der Waals surface area contributed by atoms with Gasteiger partial charge in [0.05, 0.1) is 0 Å². The molecule has 1 aromatic carbocycles. The van der Waals surface area contributed by atoms with Gasteiger partial charge in [0.1, 0.15) is 5.71 Å². The molecule has 25 heavy (non-hydrogen) atoms. The van der Waals surface area contributed by atoms with Crippen LogP contribution in [0.2, 0.25) is 0 Å². The molecule has 0 unspecified atom stereocenters. The molecule has 0 bridgehead atoms. The van der Waals surface area contributed by atoms with Crippen molar-refractivity contribution in [2.75, 3.05) is 29.9 Å². The molecule has 2 amide bonds. The van der Waals surface area contributed by atoms with E-state index >= 15 is 0 Å². The molecule has 2 N–H and O–H groups in total. The Balaban J connectivity index is 1.82. The van der Waals surface area contributed by atoms with Gasteiger partial charge in [-0.15, -0.1) is 0 Å².